The van der Waals surface area contributed by atoms with Crippen LogP contribution in [0.2, 0.25) is 0 Å². The van der Waals surface area contributed by atoms with Crippen molar-refractivity contribution in [2.45, 2.75) is 397 Å². The van der Waals surface area contributed by atoms with Crippen LogP contribution in [0.25, 0.3) is 0 Å². The summed E-state index contributed by atoms with van der Waals surface area (Å²) in [5, 5.41) is 153. The fraction of sp³-hybridized carbons (Fsp3) is 0.870. The third kappa shape index (κ3) is 51.6. The normalized spacial score (nSPS) is 27.4. The molecule has 5 fully saturated rings. The molecule has 52 heteroatoms. The molecule has 0 aliphatic carbocycles. The number of ether oxygens (including phenoxy) is 16. The lowest BCUT2D eigenvalue weighted by molar-refractivity contribution is -0.328. The molecule has 0 spiro atoms. The molecular weight excluding hydrogens is 1910 g/mol. The molecule has 5 aliphatic rings. The number of unbranched alkanes of at least 4 members (excludes halogenated alkanes) is 6. The molecule has 25 atom stereocenters. The monoisotopic (exact) mass is 2080 g/mol. The standard InChI is InChI=1S/C64H116N10O27.C17H29NO8.C11H23NO5/c1-39(2)74-64(18-15-46(81)68-24-30-93-36-49(84)65-21-9-6-12-27-96-61-52(71-40(3)78)58(90)55(87)43(33-75)99-61,19-16-47(82)69-25-31-94-37-50(85)66-22-10-7-13-28-97-62-53(72-41(4)79)59(91)56(88)44(34-76)100-62)20-17-48(83)70-26-32-95-38-51(86)67-23-11-8-14-29-98-63-54(73-42(5)80)60(92)57(89)45(35-77)101-63;1-8(2)18-13-14(23-10(5)19)15(24-11(6)20)17(25-12(7)21)26-16(13)22-9(3)4;1-5(2)12-7-8(13)9(14)10(15)17-11(7)16-6(3)4/h39,43-45,52-63,74-77,87-92H,6-38H2,1-5H3,(H,65,84)(H,66,85)(H,67,86)(H,68,81)(H,69,82)(H,70,83)(H,71,78)(H,72,79)(H,73,80);8-9,13-18H,1-7H3;5-15H,1-4H3/t43-,44-,45-,52-,53-,54-,55+,56+,57+,58-,59-,60-,61-,62-,63-;13-,14-,15-,16-,17+;7-,8-,9-,10+,11-/m111/s1. The van der Waals surface area contributed by atoms with Crippen LogP contribution >= 0.6 is 0 Å². The van der Waals surface area contributed by atoms with Crippen LogP contribution in [0.3, 0.4) is 0 Å². The summed E-state index contributed by atoms with van der Waals surface area (Å²) in [6, 6.07) is -4.44. The topological polar surface area (TPSA) is 740 Å². The van der Waals surface area contributed by atoms with E-state index in [1.807, 2.05) is 69.2 Å². The number of nitrogens with one attached hydrogen (secondary N) is 12. The molecule has 0 aromatic carbocycles. The fourth-order valence-electron chi connectivity index (χ4n) is 15.7. The highest BCUT2D eigenvalue weighted by molar-refractivity contribution is 5.80. The van der Waals surface area contributed by atoms with E-state index in [-0.39, 0.29) is 183 Å². The Morgan fingerprint density at radius 1 is 0.306 bits per heavy atom. The van der Waals surface area contributed by atoms with E-state index in [0.29, 0.717) is 77.4 Å². The zero-order chi connectivity index (χ0) is 108. The number of amides is 9. The number of carbonyl (C=O) groups excluding carboxylic acids is 12. The van der Waals surface area contributed by atoms with Gasteiger partial charge in [0.2, 0.25) is 65.6 Å². The van der Waals surface area contributed by atoms with Gasteiger partial charge in [-0.05, 0) is 105 Å². The van der Waals surface area contributed by atoms with E-state index in [2.05, 4.69) is 63.8 Å². The van der Waals surface area contributed by atoms with Gasteiger partial charge in [-0.2, -0.15) is 0 Å². The fourth-order valence-corrected chi connectivity index (χ4v) is 15.7. The Hall–Kier alpha value is -7.48. The van der Waals surface area contributed by atoms with Gasteiger partial charge in [0, 0.05) is 144 Å². The number of hydrogen-bond acceptors (Lipinski definition) is 43. The van der Waals surface area contributed by atoms with Gasteiger partial charge in [0.1, 0.15) is 111 Å². The summed E-state index contributed by atoms with van der Waals surface area (Å²) in [5.41, 5.74) is -0.902. The van der Waals surface area contributed by atoms with Crippen LogP contribution in [-0.2, 0) is 133 Å². The molecule has 24 N–H and O–H groups in total. The van der Waals surface area contributed by atoms with E-state index in [4.69, 9.17) is 75.8 Å². The third-order valence-corrected chi connectivity index (χ3v) is 22.4. The maximum absolute atomic E-state index is 13.3. The molecule has 52 nitrogen and oxygen atoms in total. The molecule has 9 amide bonds. The Labute approximate surface area is 841 Å². The van der Waals surface area contributed by atoms with Gasteiger partial charge in [0.05, 0.1) is 57.9 Å². The maximum Gasteiger partial charge on any atom is 0.305 e. The first kappa shape index (κ1) is 131. The highest BCUT2D eigenvalue weighted by atomic mass is 16.8. The Balaban J connectivity index is 0.00000100. The van der Waals surface area contributed by atoms with Crippen LogP contribution in [0.1, 0.15) is 207 Å². The van der Waals surface area contributed by atoms with Crippen LogP contribution in [0.15, 0.2) is 0 Å². The summed E-state index contributed by atoms with van der Waals surface area (Å²) in [7, 11) is 0. The molecule has 5 saturated heterocycles. The van der Waals surface area contributed by atoms with Crippen molar-refractivity contribution >= 4 is 71.1 Å². The van der Waals surface area contributed by atoms with Crippen molar-refractivity contribution in [2.24, 2.45) is 0 Å². The van der Waals surface area contributed by atoms with E-state index in [1.165, 1.54) is 41.5 Å². The lowest BCUT2D eigenvalue weighted by Gasteiger charge is -2.45. The average Bonchev–Trinajstić information content (AvgIpc) is 0.783. The van der Waals surface area contributed by atoms with E-state index in [0.717, 1.165) is 0 Å². The van der Waals surface area contributed by atoms with Gasteiger partial charge in [-0.3, -0.25) is 57.5 Å². The Morgan fingerprint density at radius 3 is 0.910 bits per heavy atom. The van der Waals surface area contributed by atoms with Gasteiger partial charge < -0.3 is 201 Å². The SMILES string of the molecule is CC(=O)N[C@H]1[C@H](OCCCCCNC(=O)COCCNC(=O)CCC(CCC(=O)NCCOCC(=O)NCCCCCO[C@@H]2O[C@H](CO)[C@H](O)[C@H](O)[C@H]2NC(C)=O)(CCC(=O)NCCOCC(=O)NCCCCCO[C@@H]2O[C@H](CO)[C@H](O)[C@H](O)[C@H]2NC(C)=O)NC(C)C)O[C@H](CO)[C@H](O)[C@@H]1O.CC(=O)O[C@H]1O[C@@H](OC(C)C)[C@H](NC(C)C)[C@@H](OC(C)=O)[C@H]1OC(C)=O.CC(C)N[C@H]1[C@H](OC(C)C)O[C@H](O)[C@H](O)[C@@H]1O. The van der Waals surface area contributed by atoms with E-state index < -0.39 is 215 Å². The minimum atomic E-state index is -1.43. The van der Waals surface area contributed by atoms with Crippen LogP contribution in [-0.4, -0.2) is 440 Å². The molecule has 0 aromatic rings. The second-order valence-corrected chi connectivity index (χ2v) is 37.0. The smallest absolute Gasteiger partial charge is 0.305 e. The first-order valence-electron chi connectivity index (χ1n) is 49.4. The van der Waals surface area contributed by atoms with Crippen molar-refractivity contribution in [1.29, 1.82) is 0 Å². The minimum absolute atomic E-state index is 0.00895. The summed E-state index contributed by atoms with van der Waals surface area (Å²) in [6.07, 6.45) is -18.6. The highest BCUT2D eigenvalue weighted by Gasteiger charge is 2.54. The summed E-state index contributed by atoms with van der Waals surface area (Å²) in [6.45, 7) is 25.4. The summed E-state index contributed by atoms with van der Waals surface area (Å²) in [4.78, 5) is 147. The second kappa shape index (κ2) is 71.3. The zero-order valence-corrected chi connectivity index (χ0v) is 86.0. The quantitative estimate of drug-likeness (QED) is 0.0153. The van der Waals surface area contributed by atoms with Crippen molar-refractivity contribution in [2.75, 3.05) is 119 Å². The molecule has 0 unspecified atom stereocenters. The number of rotatable bonds is 64. The summed E-state index contributed by atoms with van der Waals surface area (Å²) < 4.78 is 88.3. The number of aliphatic hydroxyl groups is 12. The molecular formula is C92H168N12O40. The summed E-state index contributed by atoms with van der Waals surface area (Å²) >= 11 is 0. The van der Waals surface area contributed by atoms with E-state index in [1.54, 1.807) is 0 Å². The van der Waals surface area contributed by atoms with Crippen molar-refractivity contribution in [1.82, 2.24) is 63.8 Å². The van der Waals surface area contributed by atoms with Crippen LogP contribution in [0.4, 0.5) is 0 Å². The van der Waals surface area contributed by atoms with Crippen LogP contribution < -0.4 is 63.8 Å². The van der Waals surface area contributed by atoms with Crippen molar-refractivity contribution in [3.63, 3.8) is 0 Å². The first-order valence-corrected chi connectivity index (χ1v) is 49.4. The van der Waals surface area contributed by atoms with Crippen molar-refractivity contribution < 1.29 is 195 Å². The van der Waals surface area contributed by atoms with Crippen molar-refractivity contribution in [3.05, 3.63) is 0 Å². The minimum Gasteiger partial charge on any atom is -0.456 e. The number of esters is 3. The Morgan fingerprint density at radius 2 is 0.611 bits per heavy atom. The predicted octanol–water partition coefficient (Wildman–Crippen LogP) is -6.74. The maximum atomic E-state index is 13.3. The van der Waals surface area contributed by atoms with E-state index in [9.17, 15) is 119 Å². The van der Waals surface area contributed by atoms with Gasteiger partial charge >= 0.3 is 17.9 Å². The first-order chi connectivity index (χ1) is 68.1. The summed E-state index contributed by atoms with van der Waals surface area (Å²) in [5.74, 6) is -5.40. The molecule has 0 radical (unpaired) electrons. The lowest BCUT2D eigenvalue weighted by atomic mass is 9.82. The predicted molar refractivity (Wildman–Crippen MR) is 506 cm³/mol. The molecule has 5 heterocycles. The van der Waals surface area contributed by atoms with Gasteiger partial charge in [-0.25, -0.2) is 0 Å². The van der Waals surface area contributed by atoms with Gasteiger partial charge in [-0.1, -0.05) is 41.5 Å². The second-order valence-electron chi connectivity index (χ2n) is 37.0. The van der Waals surface area contributed by atoms with Gasteiger partial charge in [0.25, 0.3) is 0 Å². The van der Waals surface area contributed by atoms with E-state index >= 15 is 0 Å². The lowest BCUT2D eigenvalue weighted by Crippen LogP contribution is -2.66. The zero-order valence-electron chi connectivity index (χ0n) is 86.0. The number of hydrogen-bond donors (Lipinski definition) is 24. The third-order valence-electron chi connectivity index (χ3n) is 22.4. The number of carbonyl (C=O) groups is 12. The Bertz CT molecular complexity index is 3460. The molecule has 5 rings (SSSR count). The average molecular weight is 2080 g/mol. The molecule has 836 valence electrons. The molecule has 0 bridgehead atoms. The van der Waals surface area contributed by atoms with Gasteiger partial charge in [0.15, 0.2) is 43.8 Å². The molecule has 0 saturated carbocycles. The largest absolute Gasteiger partial charge is 0.456 e. The van der Waals surface area contributed by atoms with Crippen molar-refractivity contribution in [3.8, 4) is 0 Å². The highest BCUT2D eigenvalue weighted by Crippen LogP contribution is 2.33. The molecule has 5 aliphatic heterocycles. The van der Waals surface area contributed by atoms with Gasteiger partial charge in [-0.15, -0.1) is 0 Å². The number of aliphatic hydroxyl groups excluding tert-OH is 12. The van der Waals surface area contributed by atoms with Crippen LogP contribution in [0.5, 0.6) is 0 Å². The molecule has 0 aromatic heterocycles. The molecule has 144 heavy (non-hydrogen) atoms. The van der Waals surface area contributed by atoms with Crippen LogP contribution in [0, 0.1) is 0 Å². The Kier molecular flexibility index (Phi) is 64.7.